The monoisotopic (exact) mass is 292 g/mol. The van der Waals surface area contributed by atoms with Crippen LogP contribution in [0.1, 0.15) is 31.2 Å². The topological polar surface area (TPSA) is 59.6 Å². The highest BCUT2D eigenvalue weighted by atomic mass is 16.5. The van der Waals surface area contributed by atoms with E-state index in [1.807, 2.05) is 19.1 Å². The van der Waals surface area contributed by atoms with Gasteiger partial charge in [0.25, 0.3) is 5.91 Å². The summed E-state index contributed by atoms with van der Waals surface area (Å²) in [5.74, 6) is 1.70. The first kappa shape index (κ1) is 15.6. The minimum Gasteiger partial charge on any atom is -0.490 e. The Morgan fingerprint density at radius 2 is 2.24 bits per heavy atom. The molecular formula is C16H24N2O3. The van der Waals surface area contributed by atoms with Crippen LogP contribution in [0.3, 0.4) is 0 Å². The van der Waals surface area contributed by atoms with E-state index < -0.39 is 0 Å². The minimum atomic E-state index is -0.155. The molecule has 0 aromatic heterocycles. The molecule has 1 saturated heterocycles. The zero-order valence-electron chi connectivity index (χ0n) is 12.8. The second-order valence-electron chi connectivity index (χ2n) is 5.14. The number of nitrogens with one attached hydrogen (secondary N) is 2. The molecule has 1 aliphatic heterocycles. The summed E-state index contributed by atoms with van der Waals surface area (Å²) in [6.07, 6.45) is 2.39. The number of likely N-dealkylation sites (N-methyl/N-ethyl adjacent to an activating group) is 1. The third-order valence-electron chi connectivity index (χ3n) is 3.67. The predicted octanol–water partition coefficient (Wildman–Crippen LogP) is 1.68. The van der Waals surface area contributed by atoms with Crippen LogP contribution in [0, 0.1) is 0 Å². The summed E-state index contributed by atoms with van der Waals surface area (Å²) in [7, 11) is 1.59. The third-order valence-corrected chi connectivity index (χ3v) is 3.67. The smallest absolute Gasteiger partial charge is 0.257 e. The van der Waals surface area contributed by atoms with Crippen molar-refractivity contribution in [2.24, 2.45) is 0 Å². The summed E-state index contributed by atoms with van der Waals surface area (Å²) in [6, 6.07) is 6.01. The summed E-state index contributed by atoms with van der Waals surface area (Å²) in [6.45, 7) is 4.62. The van der Waals surface area contributed by atoms with Gasteiger partial charge in [-0.15, -0.1) is 0 Å². The Kier molecular flexibility index (Phi) is 5.87. The Balaban J connectivity index is 2.11. The molecule has 0 spiro atoms. The van der Waals surface area contributed by atoms with Gasteiger partial charge in [0.15, 0.2) is 18.1 Å². The van der Waals surface area contributed by atoms with Gasteiger partial charge in [0.1, 0.15) is 0 Å². The number of amides is 1. The summed E-state index contributed by atoms with van der Waals surface area (Å²) >= 11 is 0. The molecule has 1 fully saturated rings. The van der Waals surface area contributed by atoms with E-state index >= 15 is 0 Å². The van der Waals surface area contributed by atoms with Gasteiger partial charge in [0.2, 0.25) is 0 Å². The van der Waals surface area contributed by atoms with Crippen LogP contribution < -0.4 is 20.1 Å². The van der Waals surface area contributed by atoms with E-state index in [0.717, 1.165) is 13.1 Å². The van der Waals surface area contributed by atoms with Crippen molar-refractivity contribution in [3.8, 4) is 11.5 Å². The Morgan fingerprint density at radius 3 is 2.90 bits per heavy atom. The standard InChI is InChI=1S/C16H24N2O3/c1-3-20-15-9-12(13-5-4-8-18-10-13)6-7-14(15)21-11-16(19)17-2/h6-7,9,13,18H,3-5,8,10-11H2,1-2H3,(H,17,19). The fourth-order valence-corrected chi connectivity index (χ4v) is 2.52. The van der Waals surface area contributed by atoms with Crippen LogP contribution in [-0.4, -0.2) is 39.3 Å². The molecule has 5 heteroatoms. The predicted molar refractivity (Wildman–Crippen MR) is 82.0 cm³/mol. The molecule has 0 bridgehead atoms. The molecule has 1 aromatic rings. The molecule has 1 aromatic carbocycles. The number of rotatable bonds is 6. The maximum absolute atomic E-state index is 11.3. The van der Waals surface area contributed by atoms with Gasteiger partial charge in [-0.3, -0.25) is 4.79 Å². The van der Waals surface area contributed by atoms with E-state index in [2.05, 4.69) is 16.7 Å². The first-order valence-corrected chi connectivity index (χ1v) is 7.55. The van der Waals surface area contributed by atoms with E-state index in [0.29, 0.717) is 24.0 Å². The second-order valence-corrected chi connectivity index (χ2v) is 5.14. The number of hydrogen-bond donors (Lipinski definition) is 2. The van der Waals surface area contributed by atoms with Gasteiger partial charge in [-0.2, -0.15) is 0 Å². The van der Waals surface area contributed by atoms with Gasteiger partial charge < -0.3 is 20.1 Å². The van der Waals surface area contributed by atoms with E-state index in [4.69, 9.17) is 9.47 Å². The number of hydrogen-bond acceptors (Lipinski definition) is 4. The van der Waals surface area contributed by atoms with Crippen LogP contribution in [0.25, 0.3) is 0 Å². The lowest BCUT2D eigenvalue weighted by molar-refractivity contribution is -0.122. The lowest BCUT2D eigenvalue weighted by atomic mass is 9.91. The van der Waals surface area contributed by atoms with Gasteiger partial charge in [-0.25, -0.2) is 0 Å². The number of piperidine rings is 1. The largest absolute Gasteiger partial charge is 0.490 e. The lowest BCUT2D eigenvalue weighted by Gasteiger charge is -2.24. The number of benzene rings is 1. The number of carbonyl (C=O) groups excluding carboxylic acids is 1. The van der Waals surface area contributed by atoms with E-state index in [-0.39, 0.29) is 12.5 Å². The van der Waals surface area contributed by atoms with Crippen molar-refractivity contribution in [2.75, 3.05) is 33.4 Å². The maximum atomic E-state index is 11.3. The average molecular weight is 292 g/mol. The quantitative estimate of drug-likeness (QED) is 0.837. The third kappa shape index (κ3) is 4.36. The van der Waals surface area contributed by atoms with Crippen LogP contribution in [-0.2, 0) is 4.79 Å². The molecule has 116 valence electrons. The van der Waals surface area contributed by atoms with E-state index in [1.165, 1.54) is 18.4 Å². The lowest BCUT2D eigenvalue weighted by Crippen LogP contribution is -2.28. The first-order valence-electron chi connectivity index (χ1n) is 7.55. The number of carbonyl (C=O) groups is 1. The zero-order chi connectivity index (χ0) is 15.1. The molecule has 21 heavy (non-hydrogen) atoms. The Labute approximate surface area is 126 Å². The van der Waals surface area contributed by atoms with Gasteiger partial charge in [0.05, 0.1) is 6.61 Å². The van der Waals surface area contributed by atoms with Crippen LogP contribution in [0.4, 0.5) is 0 Å². The fraction of sp³-hybridized carbons (Fsp3) is 0.562. The van der Waals surface area contributed by atoms with Crippen molar-refractivity contribution in [1.29, 1.82) is 0 Å². The van der Waals surface area contributed by atoms with Gasteiger partial charge in [-0.1, -0.05) is 6.07 Å². The SMILES string of the molecule is CCOc1cc(C2CCCNC2)ccc1OCC(=O)NC. The highest BCUT2D eigenvalue weighted by Gasteiger charge is 2.17. The summed E-state index contributed by atoms with van der Waals surface area (Å²) < 4.78 is 11.2. The summed E-state index contributed by atoms with van der Waals surface area (Å²) in [4.78, 5) is 11.3. The van der Waals surface area contributed by atoms with Gasteiger partial charge in [-0.05, 0) is 49.9 Å². The molecule has 1 amide bonds. The summed E-state index contributed by atoms with van der Waals surface area (Å²) in [5.41, 5.74) is 1.26. The van der Waals surface area contributed by atoms with Crippen LogP contribution in [0.5, 0.6) is 11.5 Å². The molecule has 2 rings (SSSR count). The maximum Gasteiger partial charge on any atom is 0.257 e. The number of ether oxygens (including phenoxy) is 2. The Hall–Kier alpha value is -1.75. The van der Waals surface area contributed by atoms with Crippen molar-refractivity contribution >= 4 is 5.91 Å². The molecular weight excluding hydrogens is 268 g/mol. The molecule has 1 aliphatic rings. The molecule has 1 heterocycles. The molecule has 2 N–H and O–H groups in total. The molecule has 5 nitrogen and oxygen atoms in total. The molecule has 0 saturated carbocycles. The van der Waals surface area contributed by atoms with E-state index in [1.54, 1.807) is 7.05 Å². The Morgan fingerprint density at radius 1 is 1.38 bits per heavy atom. The van der Waals surface area contributed by atoms with Gasteiger partial charge in [0, 0.05) is 13.6 Å². The normalized spacial score (nSPS) is 18.1. The zero-order valence-corrected chi connectivity index (χ0v) is 12.8. The van der Waals surface area contributed by atoms with Crippen LogP contribution in [0.15, 0.2) is 18.2 Å². The first-order chi connectivity index (χ1) is 10.2. The van der Waals surface area contributed by atoms with Crippen molar-refractivity contribution in [1.82, 2.24) is 10.6 Å². The molecule has 0 radical (unpaired) electrons. The fourth-order valence-electron chi connectivity index (χ4n) is 2.52. The van der Waals surface area contributed by atoms with Gasteiger partial charge >= 0.3 is 0 Å². The molecule has 1 atom stereocenters. The average Bonchev–Trinajstić information content (AvgIpc) is 2.54. The molecule has 1 unspecified atom stereocenters. The van der Waals surface area contributed by atoms with Crippen molar-refractivity contribution in [3.63, 3.8) is 0 Å². The molecule has 0 aliphatic carbocycles. The minimum absolute atomic E-state index is 0.000898. The highest BCUT2D eigenvalue weighted by Crippen LogP contribution is 2.33. The van der Waals surface area contributed by atoms with Crippen LogP contribution in [0.2, 0.25) is 0 Å². The van der Waals surface area contributed by atoms with Crippen molar-refractivity contribution < 1.29 is 14.3 Å². The Bertz CT molecular complexity index is 471. The summed E-state index contributed by atoms with van der Waals surface area (Å²) in [5, 5.41) is 5.96. The van der Waals surface area contributed by atoms with Crippen LogP contribution >= 0.6 is 0 Å². The van der Waals surface area contributed by atoms with E-state index in [9.17, 15) is 4.79 Å². The van der Waals surface area contributed by atoms with Crippen molar-refractivity contribution in [3.05, 3.63) is 23.8 Å². The second kappa shape index (κ2) is 7.88. The highest BCUT2D eigenvalue weighted by molar-refractivity contribution is 5.77. The van der Waals surface area contributed by atoms with Crippen molar-refractivity contribution in [2.45, 2.75) is 25.7 Å².